The van der Waals surface area contributed by atoms with Crippen molar-refractivity contribution in [1.82, 2.24) is 24.7 Å². The molecule has 2 aromatic rings. The summed E-state index contributed by atoms with van der Waals surface area (Å²) in [4.78, 5) is 13.0. The average molecular weight is 247 g/mol. The van der Waals surface area contributed by atoms with Crippen molar-refractivity contribution in [3.8, 4) is 11.4 Å². The minimum absolute atomic E-state index is 0.0285. The fourth-order valence-electron chi connectivity index (χ4n) is 1.67. The number of hydrogen-bond donors (Lipinski definition) is 1. The Balaban J connectivity index is 2.35. The SMILES string of the molecule is Cc1nc(-c2cnc(C(C)C)nc2)n(CCO)n1. The highest BCUT2D eigenvalue weighted by Gasteiger charge is 2.11. The Morgan fingerprint density at radius 2 is 1.94 bits per heavy atom. The molecule has 0 spiro atoms. The molecule has 0 fully saturated rings. The second-order valence-corrected chi connectivity index (χ2v) is 4.41. The van der Waals surface area contributed by atoms with Crippen LogP contribution < -0.4 is 0 Å². The van der Waals surface area contributed by atoms with E-state index >= 15 is 0 Å². The van der Waals surface area contributed by atoms with Gasteiger partial charge in [-0.2, -0.15) is 5.10 Å². The highest BCUT2D eigenvalue weighted by Crippen LogP contribution is 2.17. The van der Waals surface area contributed by atoms with Gasteiger partial charge in [-0.1, -0.05) is 13.8 Å². The lowest BCUT2D eigenvalue weighted by Crippen LogP contribution is -2.07. The first kappa shape index (κ1) is 12.6. The maximum Gasteiger partial charge on any atom is 0.161 e. The Hall–Kier alpha value is -1.82. The molecule has 0 aliphatic rings. The lowest BCUT2D eigenvalue weighted by atomic mass is 10.2. The predicted molar refractivity (Wildman–Crippen MR) is 67.0 cm³/mol. The number of aliphatic hydroxyl groups is 1. The molecule has 18 heavy (non-hydrogen) atoms. The molecule has 0 bridgehead atoms. The largest absolute Gasteiger partial charge is 0.394 e. The van der Waals surface area contributed by atoms with Crippen LogP contribution in [0.5, 0.6) is 0 Å². The van der Waals surface area contributed by atoms with Crippen molar-refractivity contribution in [3.63, 3.8) is 0 Å². The van der Waals surface area contributed by atoms with E-state index in [1.54, 1.807) is 17.1 Å². The van der Waals surface area contributed by atoms with Gasteiger partial charge in [-0.3, -0.25) is 0 Å². The second-order valence-electron chi connectivity index (χ2n) is 4.41. The average Bonchev–Trinajstić information content (AvgIpc) is 2.71. The van der Waals surface area contributed by atoms with Crippen molar-refractivity contribution in [1.29, 1.82) is 0 Å². The van der Waals surface area contributed by atoms with E-state index < -0.39 is 0 Å². The van der Waals surface area contributed by atoms with E-state index in [-0.39, 0.29) is 6.61 Å². The lowest BCUT2D eigenvalue weighted by molar-refractivity contribution is 0.270. The topological polar surface area (TPSA) is 76.7 Å². The van der Waals surface area contributed by atoms with Crippen LogP contribution in [0.3, 0.4) is 0 Å². The van der Waals surface area contributed by atoms with Crippen LogP contribution >= 0.6 is 0 Å². The number of aliphatic hydroxyl groups excluding tert-OH is 1. The summed E-state index contributed by atoms with van der Waals surface area (Å²) in [5.74, 6) is 2.48. The molecule has 6 nitrogen and oxygen atoms in total. The van der Waals surface area contributed by atoms with Gasteiger partial charge in [0.05, 0.1) is 18.7 Å². The molecule has 0 unspecified atom stereocenters. The standard InChI is InChI=1S/C12H17N5O/c1-8(2)11-13-6-10(7-14-11)12-15-9(3)16-17(12)4-5-18/h6-8,18H,4-5H2,1-3H3. The summed E-state index contributed by atoms with van der Waals surface area (Å²) >= 11 is 0. The Bertz CT molecular complexity index is 518. The molecule has 2 aromatic heterocycles. The summed E-state index contributed by atoms with van der Waals surface area (Å²) in [5, 5.41) is 13.2. The molecule has 0 amide bonds. The number of aryl methyl sites for hydroxylation is 1. The monoisotopic (exact) mass is 247 g/mol. The van der Waals surface area contributed by atoms with Gasteiger partial charge in [0.15, 0.2) is 5.82 Å². The third kappa shape index (κ3) is 2.53. The molecule has 96 valence electrons. The van der Waals surface area contributed by atoms with Crippen molar-refractivity contribution in [2.24, 2.45) is 0 Å². The summed E-state index contributed by atoms with van der Waals surface area (Å²) in [6.45, 7) is 6.37. The summed E-state index contributed by atoms with van der Waals surface area (Å²) in [7, 11) is 0. The molecule has 0 saturated carbocycles. The van der Waals surface area contributed by atoms with Crippen LogP contribution in [0, 0.1) is 6.92 Å². The van der Waals surface area contributed by atoms with E-state index in [0.717, 1.165) is 11.4 Å². The molecule has 0 aromatic carbocycles. The van der Waals surface area contributed by atoms with Crippen LogP contribution in [0.2, 0.25) is 0 Å². The van der Waals surface area contributed by atoms with Crippen LogP contribution in [0.4, 0.5) is 0 Å². The van der Waals surface area contributed by atoms with Crippen LogP contribution in [-0.2, 0) is 6.54 Å². The Morgan fingerprint density at radius 1 is 1.28 bits per heavy atom. The number of rotatable bonds is 4. The molecule has 2 heterocycles. The van der Waals surface area contributed by atoms with Crippen molar-refractivity contribution in [3.05, 3.63) is 24.0 Å². The zero-order valence-corrected chi connectivity index (χ0v) is 10.8. The summed E-state index contributed by atoms with van der Waals surface area (Å²) in [6, 6.07) is 0. The van der Waals surface area contributed by atoms with Gasteiger partial charge in [-0.05, 0) is 6.92 Å². The third-order valence-corrected chi connectivity index (χ3v) is 2.54. The van der Waals surface area contributed by atoms with E-state index in [9.17, 15) is 0 Å². The van der Waals surface area contributed by atoms with Gasteiger partial charge in [-0.15, -0.1) is 0 Å². The summed E-state index contributed by atoms with van der Waals surface area (Å²) in [6.07, 6.45) is 3.50. The van der Waals surface area contributed by atoms with Crippen LogP contribution in [0.25, 0.3) is 11.4 Å². The van der Waals surface area contributed by atoms with Crippen molar-refractivity contribution in [2.75, 3.05) is 6.61 Å². The molecule has 0 atom stereocenters. The lowest BCUT2D eigenvalue weighted by Gasteiger charge is -2.05. The zero-order chi connectivity index (χ0) is 13.1. The summed E-state index contributed by atoms with van der Waals surface area (Å²) in [5.41, 5.74) is 0.813. The van der Waals surface area contributed by atoms with E-state index in [1.807, 2.05) is 20.8 Å². The smallest absolute Gasteiger partial charge is 0.161 e. The quantitative estimate of drug-likeness (QED) is 0.877. The van der Waals surface area contributed by atoms with Gasteiger partial charge in [-0.25, -0.2) is 19.6 Å². The van der Waals surface area contributed by atoms with Gasteiger partial charge in [0.2, 0.25) is 0 Å². The molecule has 0 radical (unpaired) electrons. The first-order valence-electron chi connectivity index (χ1n) is 5.96. The zero-order valence-electron chi connectivity index (χ0n) is 10.8. The third-order valence-electron chi connectivity index (χ3n) is 2.54. The van der Waals surface area contributed by atoms with Gasteiger partial charge in [0.1, 0.15) is 11.6 Å². The maximum absolute atomic E-state index is 9.00. The number of nitrogens with zero attached hydrogens (tertiary/aromatic N) is 5. The van der Waals surface area contributed by atoms with E-state index in [2.05, 4.69) is 20.1 Å². The fraction of sp³-hybridized carbons (Fsp3) is 0.500. The molecule has 0 aliphatic heterocycles. The van der Waals surface area contributed by atoms with Gasteiger partial charge in [0, 0.05) is 18.3 Å². The maximum atomic E-state index is 9.00. The van der Waals surface area contributed by atoms with Crippen LogP contribution in [0.15, 0.2) is 12.4 Å². The van der Waals surface area contributed by atoms with E-state index in [0.29, 0.717) is 24.1 Å². The molecule has 2 rings (SSSR count). The van der Waals surface area contributed by atoms with Gasteiger partial charge >= 0.3 is 0 Å². The van der Waals surface area contributed by atoms with Crippen molar-refractivity contribution >= 4 is 0 Å². The van der Waals surface area contributed by atoms with E-state index in [4.69, 9.17) is 5.11 Å². The molecular formula is C12H17N5O. The Labute approximate surface area is 106 Å². The molecule has 0 aliphatic carbocycles. The molecule has 6 heteroatoms. The minimum atomic E-state index is 0.0285. The predicted octanol–water partition coefficient (Wildman–Crippen LogP) is 1.16. The first-order chi connectivity index (χ1) is 8.61. The fourth-order valence-corrected chi connectivity index (χ4v) is 1.67. The van der Waals surface area contributed by atoms with Crippen molar-refractivity contribution < 1.29 is 5.11 Å². The van der Waals surface area contributed by atoms with Crippen LogP contribution in [0.1, 0.15) is 31.4 Å². The van der Waals surface area contributed by atoms with Gasteiger partial charge < -0.3 is 5.11 Å². The second kappa shape index (κ2) is 5.22. The van der Waals surface area contributed by atoms with E-state index in [1.165, 1.54) is 0 Å². The summed E-state index contributed by atoms with van der Waals surface area (Å²) < 4.78 is 1.67. The highest BCUT2D eigenvalue weighted by atomic mass is 16.3. The Kier molecular flexibility index (Phi) is 3.66. The number of hydrogen-bond acceptors (Lipinski definition) is 5. The number of aromatic nitrogens is 5. The molecule has 1 N–H and O–H groups in total. The first-order valence-corrected chi connectivity index (χ1v) is 5.96. The van der Waals surface area contributed by atoms with Crippen LogP contribution in [-0.4, -0.2) is 36.4 Å². The molecule has 0 saturated heterocycles. The van der Waals surface area contributed by atoms with Crippen molar-refractivity contribution in [2.45, 2.75) is 33.2 Å². The molecular weight excluding hydrogens is 230 g/mol. The van der Waals surface area contributed by atoms with Gasteiger partial charge in [0.25, 0.3) is 0 Å². The Morgan fingerprint density at radius 3 is 2.50 bits per heavy atom. The highest BCUT2D eigenvalue weighted by molar-refractivity contribution is 5.52. The normalized spacial score (nSPS) is 11.2. The minimum Gasteiger partial charge on any atom is -0.394 e.